The molecule has 0 unspecified atom stereocenters. The van der Waals surface area contributed by atoms with Crippen molar-refractivity contribution in [3.63, 3.8) is 0 Å². The Bertz CT molecular complexity index is 3180. The molecule has 0 N–H and O–H groups in total. The maximum atomic E-state index is 9.53. The summed E-state index contributed by atoms with van der Waals surface area (Å²) in [5.74, 6) is 0.0764. The van der Waals surface area contributed by atoms with Gasteiger partial charge in [-0.25, -0.2) is 0 Å². The van der Waals surface area contributed by atoms with Crippen molar-refractivity contribution in [1.82, 2.24) is 0 Å². The summed E-state index contributed by atoms with van der Waals surface area (Å²) in [4.78, 5) is 0. The minimum Gasteiger partial charge on any atom is -0.455 e. The van der Waals surface area contributed by atoms with Crippen LogP contribution < -0.4 is 0 Å². The molecule has 0 spiro atoms. The Kier molecular flexibility index (Phi) is 4.08. The molecule has 0 atom stereocenters. The third kappa shape index (κ3) is 4.56. The minimum atomic E-state index is -0.566. The first kappa shape index (κ1) is 16.9. The van der Waals surface area contributed by atoms with E-state index in [0.29, 0.717) is 16.5 Å². The second-order valence-corrected chi connectivity index (χ2v) is 11.0. The van der Waals surface area contributed by atoms with Gasteiger partial charge in [-0.2, -0.15) is 0 Å². The van der Waals surface area contributed by atoms with E-state index in [4.69, 9.17) is 16.8 Å². The average molecular weight is 612 g/mol. The zero-order valence-electron chi connectivity index (χ0n) is 37.7. The monoisotopic (exact) mass is 611 g/mol. The lowest BCUT2D eigenvalue weighted by molar-refractivity contribution is 0.633. The Hall–Kier alpha value is -6.18. The molecule has 1 heteroatoms. The molecule has 0 bridgehead atoms. The highest BCUT2D eigenvalue weighted by atomic mass is 16.3. The van der Waals surface area contributed by atoms with E-state index in [0.717, 1.165) is 11.1 Å². The SMILES string of the molecule is [2H]c1c([2H])c([2H])c(-c2ccccc2-c2oc3cc(-c4ccccc4)ccc3c2-c2c3c([2H])c([2H])c([2H])c([2H])c3c(-c3ccccc3)c3c([2H])c([2H])c([2H])c([2H])c23)c([2H])c1[2H]. The highest BCUT2D eigenvalue weighted by Gasteiger charge is 2.25. The van der Waals surface area contributed by atoms with Crippen LogP contribution in [0.2, 0.25) is 0 Å². The molecule has 1 nitrogen and oxygen atoms in total. The second kappa shape index (κ2) is 11.3. The van der Waals surface area contributed by atoms with Gasteiger partial charge in [-0.15, -0.1) is 0 Å². The molecule has 1 aromatic heterocycles. The molecule has 0 fully saturated rings. The Morgan fingerprint density at radius 2 is 0.894 bits per heavy atom. The van der Waals surface area contributed by atoms with Crippen LogP contribution in [-0.4, -0.2) is 0 Å². The van der Waals surface area contributed by atoms with Crippen molar-refractivity contribution < 1.29 is 22.2 Å². The van der Waals surface area contributed by atoms with Crippen LogP contribution >= 0.6 is 0 Å². The number of rotatable bonds is 5. The van der Waals surface area contributed by atoms with E-state index in [2.05, 4.69) is 0 Å². The molecular weight excluding hydrogens is 569 g/mol. The fourth-order valence-corrected chi connectivity index (χ4v) is 6.40. The molecule has 0 aliphatic carbocycles. The van der Waals surface area contributed by atoms with E-state index in [9.17, 15) is 5.48 Å². The van der Waals surface area contributed by atoms with Crippen molar-refractivity contribution in [3.05, 3.63) is 182 Å². The van der Waals surface area contributed by atoms with E-state index in [1.165, 1.54) is 0 Å². The molecule has 0 radical (unpaired) electrons. The van der Waals surface area contributed by atoms with Crippen molar-refractivity contribution in [2.45, 2.75) is 0 Å². The summed E-state index contributed by atoms with van der Waals surface area (Å²) in [7, 11) is 0. The standard InChI is InChI=1S/C46H30O/c1-4-16-31(17-5-1)34-28-29-41-42(30-34)47-46(40-27-15-10-22-35(40)32-18-6-2-7-19-32)45(41)44-38-25-13-11-23-36(38)43(33-20-8-3-9-21-33)37-24-12-14-26-39(37)44/h1-30H/i2D,6D,7D,11D,12D,13D,14D,18D,19D,23D,24D,25D,26D. The van der Waals surface area contributed by atoms with Crippen LogP contribution in [0.3, 0.4) is 0 Å². The zero-order chi connectivity index (χ0) is 42.5. The molecule has 0 saturated carbocycles. The number of fused-ring (bicyclic) bond motifs is 3. The number of benzene rings is 8. The van der Waals surface area contributed by atoms with Gasteiger partial charge in [0.2, 0.25) is 0 Å². The number of furan rings is 1. The van der Waals surface area contributed by atoms with Crippen LogP contribution in [0.5, 0.6) is 0 Å². The van der Waals surface area contributed by atoms with Gasteiger partial charge in [0.1, 0.15) is 11.3 Å². The van der Waals surface area contributed by atoms with Crippen molar-refractivity contribution in [2.24, 2.45) is 0 Å². The summed E-state index contributed by atoms with van der Waals surface area (Å²) in [5, 5.41) is 0.442. The molecule has 47 heavy (non-hydrogen) atoms. The van der Waals surface area contributed by atoms with Crippen LogP contribution in [0.25, 0.3) is 88.3 Å². The molecular formula is C46H30O. The fraction of sp³-hybridized carbons (Fsp3) is 0. The first-order chi connectivity index (χ1) is 28.7. The summed E-state index contributed by atoms with van der Waals surface area (Å²) in [6, 6.07) is 23.8. The molecule has 8 aromatic carbocycles. The first-order valence-corrected chi connectivity index (χ1v) is 15.0. The van der Waals surface area contributed by atoms with E-state index in [1.54, 1.807) is 66.7 Å². The molecule has 0 aliphatic rings. The Labute approximate surface area is 292 Å². The smallest absolute Gasteiger partial charge is 0.143 e. The van der Waals surface area contributed by atoms with Crippen molar-refractivity contribution >= 4 is 32.5 Å². The molecule has 1 heterocycles. The van der Waals surface area contributed by atoms with Crippen molar-refractivity contribution in [3.8, 4) is 55.8 Å². The lowest BCUT2D eigenvalue weighted by atomic mass is 9.84. The van der Waals surface area contributed by atoms with Crippen LogP contribution in [0, 0.1) is 0 Å². The van der Waals surface area contributed by atoms with Gasteiger partial charge < -0.3 is 4.42 Å². The summed E-state index contributed by atoms with van der Waals surface area (Å²) in [5.41, 5.74) is 3.24. The molecule has 9 aromatic rings. The zero-order valence-corrected chi connectivity index (χ0v) is 24.7. The normalized spacial score (nSPS) is 15.3. The molecule has 9 rings (SSSR count). The average Bonchev–Trinajstić information content (AvgIpc) is 3.65. The third-order valence-corrected chi connectivity index (χ3v) is 8.43. The third-order valence-electron chi connectivity index (χ3n) is 8.43. The van der Waals surface area contributed by atoms with Gasteiger partial charge in [0.25, 0.3) is 0 Å². The van der Waals surface area contributed by atoms with Gasteiger partial charge in [0, 0.05) is 22.1 Å². The van der Waals surface area contributed by atoms with Crippen molar-refractivity contribution in [2.75, 3.05) is 0 Å². The van der Waals surface area contributed by atoms with Crippen molar-refractivity contribution in [1.29, 1.82) is 0 Å². The highest BCUT2D eigenvalue weighted by molar-refractivity contribution is 6.25. The van der Waals surface area contributed by atoms with Crippen LogP contribution in [-0.2, 0) is 0 Å². The summed E-state index contributed by atoms with van der Waals surface area (Å²) < 4.78 is 123. The lowest BCUT2D eigenvalue weighted by Crippen LogP contribution is -1.92. The van der Waals surface area contributed by atoms with Gasteiger partial charge in [-0.3, -0.25) is 0 Å². The van der Waals surface area contributed by atoms with Crippen LogP contribution in [0.4, 0.5) is 0 Å². The highest BCUT2D eigenvalue weighted by Crippen LogP contribution is 2.51. The quantitative estimate of drug-likeness (QED) is 0.176. The van der Waals surface area contributed by atoms with Gasteiger partial charge in [-0.1, -0.05) is 170 Å². The van der Waals surface area contributed by atoms with E-state index < -0.39 is 78.6 Å². The van der Waals surface area contributed by atoms with Gasteiger partial charge >= 0.3 is 0 Å². The maximum Gasteiger partial charge on any atom is 0.143 e. The molecule has 220 valence electrons. The Balaban J connectivity index is 1.56. The van der Waals surface area contributed by atoms with E-state index in [1.807, 2.05) is 36.4 Å². The molecule has 0 amide bonds. The Morgan fingerprint density at radius 3 is 1.53 bits per heavy atom. The predicted octanol–water partition coefficient (Wildman–Crippen LogP) is 13.1. The van der Waals surface area contributed by atoms with E-state index >= 15 is 0 Å². The summed E-state index contributed by atoms with van der Waals surface area (Å²) >= 11 is 0. The lowest BCUT2D eigenvalue weighted by Gasteiger charge is -2.18. The Morgan fingerprint density at radius 1 is 0.362 bits per heavy atom. The van der Waals surface area contributed by atoms with Crippen LogP contribution in [0.1, 0.15) is 17.8 Å². The fourth-order valence-electron chi connectivity index (χ4n) is 6.40. The second-order valence-electron chi connectivity index (χ2n) is 11.0. The number of hydrogen-bond acceptors (Lipinski definition) is 1. The summed E-state index contributed by atoms with van der Waals surface area (Å²) in [6.07, 6.45) is 0. The minimum absolute atomic E-state index is 0.0197. The van der Waals surface area contributed by atoms with Crippen LogP contribution in [0.15, 0.2) is 186 Å². The van der Waals surface area contributed by atoms with Gasteiger partial charge in [0.05, 0.1) is 17.8 Å². The van der Waals surface area contributed by atoms with E-state index in [-0.39, 0.29) is 60.7 Å². The van der Waals surface area contributed by atoms with Gasteiger partial charge in [0.15, 0.2) is 0 Å². The summed E-state index contributed by atoms with van der Waals surface area (Å²) in [6.45, 7) is 0. The molecule has 0 saturated heterocycles. The number of hydrogen-bond donors (Lipinski definition) is 0. The predicted molar refractivity (Wildman–Crippen MR) is 198 cm³/mol. The largest absolute Gasteiger partial charge is 0.455 e. The maximum absolute atomic E-state index is 9.53. The van der Waals surface area contributed by atoms with Gasteiger partial charge in [-0.05, 0) is 67.1 Å². The topological polar surface area (TPSA) is 13.1 Å². The first-order valence-electron chi connectivity index (χ1n) is 21.5. The molecule has 0 aliphatic heterocycles.